The molecule has 0 fully saturated rings. The van der Waals surface area contributed by atoms with Crippen molar-refractivity contribution in [1.82, 2.24) is 0 Å². The van der Waals surface area contributed by atoms with E-state index in [1.165, 1.54) is 70.9 Å². The second-order valence-corrected chi connectivity index (χ2v) is 10.8. The molecule has 0 aliphatic carbocycles. The standard InChI is InChI=1S/C37H25NS/c38-24-31-12-7-15-36-37(31)34-23-30(20-21-35(34)39-36)33-14-5-4-13-32(33)29-11-6-10-28(22-29)27-18-16-26(17-19-27)25-8-2-1-3-9-25/h1-24,38H. The van der Waals surface area contributed by atoms with Crippen molar-refractivity contribution >= 4 is 37.7 Å². The number of rotatable bonds is 5. The summed E-state index contributed by atoms with van der Waals surface area (Å²) in [7, 11) is 0. The van der Waals surface area contributed by atoms with Gasteiger partial charge in [-0.25, -0.2) is 0 Å². The van der Waals surface area contributed by atoms with E-state index in [9.17, 15) is 0 Å². The zero-order valence-corrected chi connectivity index (χ0v) is 22.1. The van der Waals surface area contributed by atoms with Gasteiger partial charge in [0.2, 0.25) is 0 Å². The average molecular weight is 516 g/mol. The van der Waals surface area contributed by atoms with Crippen LogP contribution in [-0.4, -0.2) is 6.21 Å². The molecule has 7 rings (SSSR count). The molecule has 1 aromatic heterocycles. The van der Waals surface area contributed by atoms with Crippen molar-refractivity contribution in [2.45, 2.75) is 0 Å². The minimum absolute atomic E-state index is 0.968. The second-order valence-electron chi connectivity index (χ2n) is 9.75. The van der Waals surface area contributed by atoms with Crippen molar-refractivity contribution < 1.29 is 0 Å². The first-order chi connectivity index (χ1) is 19.3. The maximum Gasteiger partial charge on any atom is 0.0361 e. The molecular formula is C37H25NS. The van der Waals surface area contributed by atoms with Crippen molar-refractivity contribution in [3.8, 4) is 44.5 Å². The molecule has 1 N–H and O–H groups in total. The van der Waals surface area contributed by atoms with Gasteiger partial charge in [0.05, 0.1) is 0 Å². The molecule has 0 unspecified atom stereocenters. The second kappa shape index (κ2) is 9.83. The lowest BCUT2D eigenvalue weighted by Gasteiger charge is -2.12. The number of hydrogen-bond acceptors (Lipinski definition) is 2. The largest absolute Gasteiger partial charge is 0.308 e. The molecule has 6 aromatic carbocycles. The van der Waals surface area contributed by atoms with E-state index in [1.54, 1.807) is 11.3 Å². The van der Waals surface area contributed by atoms with Gasteiger partial charge >= 0.3 is 0 Å². The van der Waals surface area contributed by atoms with E-state index in [0.29, 0.717) is 0 Å². The van der Waals surface area contributed by atoms with Crippen molar-refractivity contribution in [3.63, 3.8) is 0 Å². The van der Waals surface area contributed by atoms with Gasteiger partial charge in [0.1, 0.15) is 0 Å². The summed E-state index contributed by atoms with van der Waals surface area (Å²) in [6.45, 7) is 0. The van der Waals surface area contributed by atoms with E-state index in [0.717, 1.165) is 5.56 Å². The van der Waals surface area contributed by atoms with Crippen molar-refractivity contribution in [2.75, 3.05) is 0 Å². The van der Waals surface area contributed by atoms with Crippen LogP contribution in [0.25, 0.3) is 64.7 Å². The topological polar surface area (TPSA) is 23.9 Å². The molecule has 7 aromatic rings. The van der Waals surface area contributed by atoms with Gasteiger partial charge < -0.3 is 5.41 Å². The van der Waals surface area contributed by atoms with Gasteiger partial charge in [0, 0.05) is 32.0 Å². The average Bonchev–Trinajstić information content (AvgIpc) is 3.40. The molecule has 2 heteroatoms. The first-order valence-corrected chi connectivity index (χ1v) is 13.9. The maximum absolute atomic E-state index is 7.93. The summed E-state index contributed by atoms with van der Waals surface area (Å²) in [6, 6.07) is 49.8. The fraction of sp³-hybridized carbons (Fsp3) is 0. The zero-order chi connectivity index (χ0) is 26.2. The molecule has 184 valence electrons. The molecule has 1 nitrogen and oxygen atoms in total. The molecule has 0 amide bonds. The Morgan fingerprint density at radius 2 is 1.00 bits per heavy atom. The maximum atomic E-state index is 7.93. The summed E-state index contributed by atoms with van der Waals surface area (Å²) in [5, 5.41) is 10.3. The monoisotopic (exact) mass is 515 g/mol. The van der Waals surface area contributed by atoms with E-state index in [1.807, 2.05) is 12.1 Å². The van der Waals surface area contributed by atoms with Crippen LogP contribution in [0.4, 0.5) is 0 Å². The van der Waals surface area contributed by atoms with E-state index < -0.39 is 0 Å². The molecule has 1 heterocycles. The summed E-state index contributed by atoms with van der Waals surface area (Å²) in [5.74, 6) is 0. The fourth-order valence-electron chi connectivity index (χ4n) is 5.48. The number of thiophene rings is 1. The lowest BCUT2D eigenvalue weighted by molar-refractivity contribution is 1.56. The van der Waals surface area contributed by atoms with Crippen LogP contribution >= 0.6 is 11.3 Å². The van der Waals surface area contributed by atoms with Crippen LogP contribution < -0.4 is 0 Å². The molecule has 0 spiro atoms. The molecule has 0 radical (unpaired) electrons. The minimum Gasteiger partial charge on any atom is -0.308 e. The summed E-state index contributed by atoms with van der Waals surface area (Å²) in [5.41, 5.74) is 10.7. The van der Waals surface area contributed by atoms with Gasteiger partial charge in [-0.05, 0) is 68.8 Å². The third-order valence-electron chi connectivity index (χ3n) is 7.42. The summed E-state index contributed by atoms with van der Waals surface area (Å²) in [4.78, 5) is 0. The Labute approximate surface area is 232 Å². The van der Waals surface area contributed by atoms with Crippen LogP contribution in [-0.2, 0) is 0 Å². The summed E-state index contributed by atoms with van der Waals surface area (Å²) >= 11 is 1.79. The van der Waals surface area contributed by atoms with E-state index in [-0.39, 0.29) is 0 Å². The van der Waals surface area contributed by atoms with Crippen LogP contribution in [0, 0.1) is 5.41 Å². The van der Waals surface area contributed by atoms with E-state index in [4.69, 9.17) is 5.41 Å². The normalized spacial score (nSPS) is 11.2. The predicted molar refractivity (Wildman–Crippen MR) is 169 cm³/mol. The Morgan fingerprint density at radius 1 is 0.436 bits per heavy atom. The Hall–Kier alpha value is -4.79. The molecule has 0 bridgehead atoms. The Kier molecular flexibility index (Phi) is 5.88. The van der Waals surface area contributed by atoms with Crippen LogP contribution in [0.3, 0.4) is 0 Å². The lowest BCUT2D eigenvalue weighted by atomic mass is 9.91. The van der Waals surface area contributed by atoms with E-state index in [2.05, 4.69) is 127 Å². The Bertz CT molecular complexity index is 1960. The van der Waals surface area contributed by atoms with Gasteiger partial charge in [-0.2, -0.15) is 0 Å². The highest BCUT2D eigenvalue weighted by Gasteiger charge is 2.13. The molecule has 0 atom stereocenters. The van der Waals surface area contributed by atoms with Crippen LogP contribution in [0.2, 0.25) is 0 Å². The lowest BCUT2D eigenvalue weighted by Crippen LogP contribution is -1.87. The molecule has 0 saturated heterocycles. The molecule has 0 aliphatic heterocycles. The van der Waals surface area contributed by atoms with Crippen LogP contribution in [0.1, 0.15) is 5.56 Å². The Morgan fingerprint density at radius 3 is 1.74 bits per heavy atom. The third-order valence-corrected chi connectivity index (χ3v) is 8.56. The van der Waals surface area contributed by atoms with Gasteiger partial charge in [0.25, 0.3) is 0 Å². The quantitative estimate of drug-likeness (QED) is 0.220. The van der Waals surface area contributed by atoms with Gasteiger partial charge in [0.15, 0.2) is 0 Å². The van der Waals surface area contributed by atoms with Crippen molar-refractivity contribution in [1.29, 1.82) is 5.41 Å². The predicted octanol–water partition coefficient (Wildman–Crippen LogP) is 10.7. The third kappa shape index (κ3) is 4.25. The first-order valence-electron chi connectivity index (χ1n) is 13.1. The minimum atomic E-state index is 0.968. The number of fused-ring (bicyclic) bond motifs is 3. The van der Waals surface area contributed by atoms with Gasteiger partial charge in [-0.15, -0.1) is 11.3 Å². The fourth-order valence-corrected chi connectivity index (χ4v) is 6.60. The smallest absolute Gasteiger partial charge is 0.0361 e. The van der Waals surface area contributed by atoms with Crippen molar-refractivity contribution in [2.24, 2.45) is 0 Å². The van der Waals surface area contributed by atoms with Gasteiger partial charge in [-0.3, -0.25) is 0 Å². The molecule has 39 heavy (non-hydrogen) atoms. The highest BCUT2D eigenvalue weighted by molar-refractivity contribution is 7.25. The molecule has 0 aliphatic rings. The Balaban J connectivity index is 1.30. The first kappa shape index (κ1) is 23.3. The van der Waals surface area contributed by atoms with Crippen molar-refractivity contribution in [3.05, 3.63) is 145 Å². The SMILES string of the molecule is N=Cc1cccc2sc3ccc(-c4ccccc4-c4cccc(-c5ccc(-c6ccccc6)cc5)c4)cc3c12. The highest BCUT2D eigenvalue weighted by Crippen LogP contribution is 2.40. The number of benzene rings is 6. The highest BCUT2D eigenvalue weighted by atomic mass is 32.1. The number of nitrogens with one attached hydrogen (secondary N) is 1. The molecular weight excluding hydrogens is 490 g/mol. The van der Waals surface area contributed by atoms with Crippen LogP contribution in [0.5, 0.6) is 0 Å². The summed E-state index contributed by atoms with van der Waals surface area (Å²) < 4.78 is 2.48. The molecule has 0 saturated carbocycles. The summed E-state index contributed by atoms with van der Waals surface area (Å²) in [6.07, 6.45) is 1.47. The van der Waals surface area contributed by atoms with E-state index >= 15 is 0 Å². The number of hydrogen-bond donors (Lipinski definition) is 1. The van der Waals surface area contributed by atoms with Gasteiger partial charge in [-0.1, -0.05) is 115 Å². The van der Waals surface area contributed by atoms with Crippen LogP contribution in [0.15, 0.2) is 140 Å². The zero-order valence-electron chi connectivity index (χ0n) is 21.3.